The molecule has 2 N–H and O–H groups in total. The molecule has 0 saturated heterocycles. The van der Waals surface area contributed by atoms with Gasteiger partial charge in [-0.2, -0.15) is 0 Å². The number of hydrogen-bond acceptors (Lipinski definition) is 5. The van der Waals surface area contributed by atoms with Crippen LogP contribution in [-0.2, 0) is 17.9 Å². The molecule has 2 rings (SSSR count). The number of nitro benzene ring substituents is 1. The summed E-state index contributed by atoms with van der Waals surface area (Å²) >= 11 is 0. The monoisotopic (exact) mass is 288 g/mol. The number of ether oxygens (including phenoxy) is 2. The summed E-state index contributed by atoms with van der Waals surface area (Å²) in [6, 6.07) is 14.1. The lowest BCUT2D eigenvalue weighted by molar-refractivity contribution is -0.386. The Labute approximate surface area is 122 Å². The van der Waals surface area contributed by atoms with Crippen LogP contribution in [0.4, 0.5) is 5.69 Å². The molecule has 0 saturated carbocycles. The highest BCUT2D eigenvalue weighted by Crippen LogP contribution is 2.27. The average Bonchev–Trinajstić information content (AvgIpc) is 2.52. The molecule has 0 atom stereocenters. The summed E-state index contributed by atoms with van der Waals surface area (Å²) in [5, 5.41) is 10.9. The van der Waals surface area contributed by atoms with Crippen molar-refractivity contribution in [3.63, 3.8) is 0 Å². The normalized spacial score (nSPS) is 10.3. The molecule has 6 heteroatoms. The summed E-state index contributed by atoms with van der Waals surface area (Å²) in [4.78, 5) is 10.4. The van der Waals surface area contributed by atoms with Gasteiger partial charge in [0.1, 0.15) is 0 Å². The number of nitrogens with zero attached hydrogens (tertiary/aromatic N) is 1. The van der Waals surface area contributed by atoms with Gasteiger partial charge < -0.3 is 15.2 Å². The van der Waals surface area contributed by atoms with Gasteiger partial charge in [0, 0.05) is 12.6 Å². The summed E-state index contributed by atoms with van der Waals surface area (Å²) < 4.78 is 10.7. The highest BCUT2D eigenvalue weighted by atomic mass is 16.7. The summed E-state index contributed by atoms with van der Waals surface area (Å²) in [5.41, 5.74) is 7.19. The fraction of sp³-hybridized carbons (Fsp3) is 0.200. The minimum Gasteiger partial charge on any atom is -0.460 e. The van der Waals surface area contributed by atoms with Crippen molar-refractivity contribution >= 4 is 5.69 Å². The molecule has 0 aromatic heterocycles. The molecule has 0 heterocycles. The maximum atomic E-state index is 10.9. The van der Waals surface area contributed by atoms with Crippen molar-refractivity contribution in [2.24, 2.45) is 5.73 Å². The van der Waals surface area contributed by atoms with Crippen molar-refractivity contribution in [3.05, 3.63) is 69.8 Å². The zero-order valence-corrected chi connectivity index (χ0v) is 11.4. The number of hydrogen-bond donors (Lipinski definition) is 1. The predicted molar refractivity (Wildman–Crippen MR) is 77.7 cm³/mol. The second kappa shape index (κ2) is 7.37. The van der Waals surface area contributed by atoms with E-state index < -0.39 is 4.92 Å². The lowest BCUT2D eigenvalue weighted by Crippen LogP contribution is -2.06. The Hall–Kier alpha value is -2.44. The van der Waals surface area contributed by atoms with Gasteiger partial charge in [0.15, 0.2) is 12.5 Å². The first-order valence-electron chi connectivity index (χ1n) is 6.42. The van der Waals surface area contributed by atoms with Crippen LogP contribution in [0.5, 0.6) is 5.75 Å². The third-order valence-electron chi connectivity index (χ3n) is 2.87. The van der Waals surface area contributed by atoms with Crippen LogP contribution in [0, 0.1) is 10.1 Å². The minimum atomic E-state index is -0.493. The van der Waals surface area contributed by atoms with Crippen LogP contribution < -0.4 is 10.5 Å². The molecular weight excluding hydrogens is 272 g/mol. The van der Waals surface area contributed by atoms with E-state index in [2.05, 4.69) is 0 Å². The SMILES string of the molecule is NCc1ccc([N+](=O)[O-])c(OCOCc2ccccc2)c1. The van der Waals surface area contributed by atoms with Crippen LogP contribution in [-0.4, -0.2) is 11.7 Å². The van der Waals surface area contributed by atoms with Crippen LogP contribution in [0.2, 0.25) is 0 Å². The van der Waals surface area contributed by atoms with Crippen molar-refractivity contribution in [3.8, 4) is 5.75 Å². The molecule has 2 aromatic rings. The molecule has 2 aromatic carbocycles. The van der Waals surface area contributed by atoms with Gasteiger partial charge in [-0.15, -0.1) is 0 Å². The van der Waals surface area contributed by atoms with E-state index >= 15 is 0 Å². The van der Waals surface area contributed by atoms with E-state index in [1.54, 1.807) is 12.1 Å². The topological polar surface area (TPSA) is 87.6 Å². The van der Waals surface area contributed by atoms with Gasteiger partial charge >= 0.3 is 5.69 Å². The summed E-state index contributed by atoms with van der Waals surface area (Å²) in [5.74, 6) is 0.163. The van der Waals surface area contributed by atoms with E-state index in [0.29, 0.717) is 13.2 Å². The highest BCUT2D eigenvalue weighted by Gasteiger charge is 2.15. The Bertz CT molecular complexity index is 602. The molecule has 0 fully saturated rings. The third-order valence-corrected chi connectivity index (χ3v) is 2.87. The molecule has 6 nitrogen and oxygen atoms in total. The Balaban J connectivity index is 1.94. The zero-order chi connectivity index (χ0) is 15.1. The van der Waals surface area contributed by atoms with Crippen molar-refractivity contribution < 1.29 is 14.4 Å². The molecule has 0 spiro atoms. The zero-order valence-electron chi connectivity index (χ0n) is 11.4. The maximum Gasteiger partial charge on any atom is 0.311 e. The first kappa shape index (κ1) is 15.0. The largest absolute Gasteiger partial charge is 0.460 e. The Morgan fingerprint density at radius 2 is 1.86 bits per heavy atom. The van der Waals surface area contributed by atoms with Gasteiger partial charge in [-0.25, -0.2) is 0 Å². The van der Waals surface area contributed by atoms with Gasteiger partial charge in [-0.1, -0.05) is 36.4 Å². The van der Waals surface area contributed by atoms with Gasteiger partial charge in [-0.05, 0) is 17.2 Å². The van der Waals surface area contributed by atoms with Gasteiger partial charge in [0.05, 0.1) is 11.5 Å². The summed E-state index contributed by atoms with van der Waals surface area (Å²) in [6.45, 7) is 0.605. The second-order valence-electron chi connectivity index (χ2n) is 4.36. The Kier molecular flexibility index (Phi) is 5.25. The van der Waals surface area contributed by atoms with Crippen molar-refractivity contribution in [2.45, 2.75) is 13.2 Å². The number of nitro groups is 1. The molecule has 0 aliphatic rings. The molecule has 0 aliphatic heterocycles. The van der Waals surface area contributed by atoms with Gasteiger partial charge in [-0.3, -0.25) is 10.1 Å². The Morgan fingerprint density at radius 1 is 1.10 bits per heavy atom. The number of rotatable bonds is 7. The molecule has 0 amide bonds. The first-order valence-corrected chi connectivity index (χ1v) is 6.42. The smallest absolute Gasteiger partial charge is 0.311 e. The fourth-order valence-corrected chi connectivity index (χ4v) is 1.79. The minimum absolute atomic E-state index is 0.0657. The molecule has 21 heavy (non-hydrogen) atoms. The summed E-state index contributed by atoms with van der Waals surface area (Å²) in [7, 11) is 0. The molecule has 0 aliphatic carbocycles. The predicted octanol–water partition coefficient (Wildman–Crippen LogP) is 2.61. The maximum absolute atomic E-state index is 10.9. The quantitative estimate of drug-likeness (QED) is 0.366. The standard InChI is InChI=1S/C15H16N2O4/c16-9-13-6-7-14(17(18)19)15(8-13)21-11-20-10-12-4-2-1-3-5-12/h1-8H,9-11,16H2. The van der Waals surface area contributed by atoms with E-state index in [0.717, 1.165) is 11.1 Å². The van der Waals surface area contributed by atoms with Crippen LogP contribution >= 0.6 is 0 Å². The second-order valence-corrected chi connectivity index (χ2v) is 4.36. The van der Waals surface area contributed by atoms with Crippen molar-refractivity contribution in [1.82, 2.24) is 0 Å². The summed E-state index contributed by atoms with van der Waals surface area (Å²) in [6.07, 6.45) is 0. The molecule has 0 bridgehead atoms. The number of benzene rings is 2. The van der Waals surface area contributed by atoms with E-state index in [4.69, 9.17) is 15.2 Å². The lowest BCUT2D eigenvalue weighted by Gasteiger charge is -2.09. The average molecular weight is 288 g/mol. The fourth-order valence-electron chi connectivity index (χ4n) is 1.79. The molecule has 110 valence electrons. The van der Waals surface area contributed by atoms with Crippen molar-refractivity contribution in [1.29, 1.82) is 0 Å². The Morgan fingerprint density at radius 3 is 2.52 bits per heavy atom. The van der Waals surface area contributed by atoms with Gasteiger partial charge in [0.2, 0.25) is 0 Å². The number of nitrogens with two attached hydrogens (primary N) is 1. The van der Waals surface area contributed by atoms with E-state index in [9.17, 15) is 10.1 Å². The first-order chi connectivity index (χ1) is 10.2. The van der Waals surface area contributed by atoms with Gasteiger partial charge in [0.25, 0.3) is 0 Å². The van der Waals surface area contributed by atoms with Crippen LogP contribution in [0.15, 0.2) is 48.5 Å². The van der Waals surface area contributed by atoms with Crippen LogP contribution in [0.1, 0.15) is 11.1 Å². The van der Waals surface area contributed by atoms with E-state index in [1.165, 1.54) is 6.07 Å². The molecular formula is C15H16N2O4. The molecule has 0 unspecified atom stereocenters. The highest BCUT2D eigenvalue weighted by molar-refractivity contribution is 5.48. The van der Waals surface area contributed by atoms with Crippen molar-refractivity contribution in [2.75, 3.05) is 6.79 Å². The molecule has 0 radical (unpaired) electrons. The third kappa shape index (κ3) is 4.27. The van der Waals surface area contributed by atoms with E-state index in [-0.39, 0.29) is 18.2 Å². The van der Waals surface area contributed by atoms with E-state index in [1.807, 2.05) is 30.3 Å². The lowest BCUT2D eigenvalue weighted by atomic mass is 10.2. The van der Waals surface area contributed by atoms with Crippen LogP contribution in [0.3, 0.4) is 0 Å². The van der Waals surface area contributed by atoms with Crippen LogP contribution in [0.25, 0.3) is 0 Å².